The van der Waals surface area contributed by atoms with Gasteiger partial charge < -0.3 is 15.4 Å². The number of aliphatic carboxylic acids is 1. The topological polar surface area (TPSA) is 81.0 Å². The molecular weight excluding hydrogens is 197 g/mol. The Kier molecular flexibility index (Phi) is 3.46. The summed E-state index contributed by atoms with van der Waals surface area (Å²) in [6.07, 6.45) is -0.309. The SMILES string of the molecule is [B]N(O)C(O)(Cc1ccccc1)C(=O)O. The molecule has 0 bridgehead atoms. The summed E-state index contributed by atoms with van der Waals surface area (Å²) >= 11 is 0. The van der Waals surface area contributed by atoms with Gasteiger partial charge in [0, 0.05) is 6.42 Å². The van der Waals surface area contributed by atoms with E-state index in [1.165, 1.54) is 0 Å². The van der Waals surface area contributed by atoms with Crippen LogP contribution >= 0.6 is 0 Å². The normalized spacial score (nSPS) is 14.9. The summed E-state index contributed by atoms with van der Waals surface area (Å²) < 4.78 is 0. The zero-order valence-electron chi connectivity index (χ0n) is 7.87. The maximum Gasteiger partial charge on any atom is 0.352 e. The van der Waals surface area contributed by atoms with Crippen molar-refractivity contribution < 1.29 is 20.2 Å². The highest BCUT2D eigenvalue weighted by Gasteiger charge is 2.39. The van der Waals surface area contributed by atoms with Crippen molar-refractivity contribution in [1.29, 1.82) is 0 Å². The summed E-state index contributed by atoms with van der Waals surface area (Å²) in [5.74, 6) is -1.61. The highest BCUT2D eigenvalue weighted by Crippen LogP contribution is 2.15. The molecule has 6 heteroatoms. The van der Waals surface area contributed by atoms with Crippen molar-refractivity contribution in [3.63, 3.8) is 0 Å². The van der Waals surface area contributed by atoms with Gasteiger partial charge in [0.2, 0.25) is 13.7 Å². The summed E-state index contributed by atoms with van der Waals surface area (Å²) in [6.45, 7) is 0. The number of hydrogen-bond acceptors (Lipinski definition) is 4. The lowest BCUT2D eigenvalue weighted by molar-refractivity contribution is -0.219. The lowest BCUT2D eigenvalue weighted by Gasteiger charge is -2.29. The van der Waals surface area contributed by atoms with Crippen LogP contribution < -0.4 is 0 Å². The molecule has 0 saturated heterocycles. The van der Waals surface area contributed by atoms with E-state index in [0.29, 0.717) is 5.56 Å². The smallest absolute Gasteiger partial charge is 0.352 e. The van der Waals surface area contributed by atoms with Crippen molar-refractivity contribution >= 4 is 14.0 Å². The largest absolute Gasteiger partial charge is 0.478 e. The average molecular weight is 207 g/mol. The van der Waals surface area contributed by atoms with Crippen molar-refractivity contribution in [2.24, 2.45) is 0 Å². The van der Waals surface area contributed by atoms with Crippen molar-refractivity contribution in [2.45, 2.75) is 12.1 Å². The van der Waals surface area contributed by atoms with Crippen LogP contribution in [0.2, 0.25) is 0 Å². The molecule has 0 spiro atoms. The standard InChI is InChI=1S/C9H10BNO4/c10-11(15)9(14,8(12)13)6-7-4-2-1-3-5-7/h1-5,14-15H,6H2,(H,12,13). The van der Waals surface area contributed by atoms with Crippen LogP contribution in [0.4, 0.5) is 0 Å². The van der Waals surface area contributed by atoms with E-state index in [4.69, 9.17) is 18.3 Å². The average Bonchev–Trinajstić information content (AvgIpc) is 2.18. The summed E-state index contributed by atoms with van der Waals surface area (Å²) in [7, 11) is 4.88. The molecule has 1 rings (SSSR count). The Hall–Kier alpha value is -1.37. The first kappa shape index (κ1) is 11.7. The Bertz CT molecular complexity index is 343. The summed E-state index contributed by atoms with van der Waals surface area (Å²) in [5, 5.41) is 27.2. The summed E-state index contributed by atoms with van der Waals surface area (Å²) in [6, 6.07) is 8.38. The van der Waals surface area contributed by atoms with E-state index in [2.05, 4.69) is 0 Å². The van der Waals surface area contributed by atoms with Gasteiger partial charge in [0.05, 0.1) is 0 Å². The van der Waals surface area contributed by atoms with E-state index >= 15 is 0 Å². The van der Waals surface area contributed by atoms with Crippen LogP contribution in [0.5, 0.6) is 0 Å². The predicted octanol–water partition coefficient (Wildman–Crippen LogP) is -0.223. The van der Waals surface area contributed by atoms with Crippen LogP contribution in [0.3, 0.4) is 0 Å². The molecule has 15 heavy (non-hydrogen) atoms. The molecule has 3 N–H and O–H groups in total. The molecule has 0 amide bonds. The molecule has 1 unspecified atom stereocenters. The van der Waals surface area contributed by atoms with E-state index in [-0.39, 0.29) is 11.4 Å². The molecule has 78 valence electrons. The van der Waals surface area contributed by atoms with Gasteiger partial charge in [0.1, 0.15) is 0 Å². The Labute approximate surface area is 88.0 Å². The molecule has 2 radical (unpaired) electrons. The van der Waals surface area contributed by atoms with Crippen molar-refractivity contribution in [2.75, 3.05) is 0 Å². The van der Waals surface area contributed by atoms with Crippen LogP contribution in [0.25, 0.3) is 0 Å². The lowest BCUT2D eigenvalue weighted by Crippen LogP contribution is -2.53. The molecular formula is C9H10BNO4. The molecule has 0 aliphatic rings. The van der Waals surface area contributed by atoms with Gasteiger partial charge in [-0.25, -0.2) is 9.77 Å². The van der Waals surface area contributed by atoms with E-state index in [1.54, 1.807) is 30.3 Å². The molecule has 0 heterocycles. The minimum Gasteiger partial charge on any atom is -0.478 e. The number of aliphatic hydroxyl groups is 1. The zero-order chi connectivity index (χ0) is 11.5. The minimum absolute atomic E-state index is 0.206. The molecule has 5 nitrogen and oxygen atoms in total. The number of carbonyl (C=O) groups is 1. The molecule has 0 saturated carbocycles. The van der Waals surface area contributed by atoms with E-state index < -0.39 is 11.7 Å². The van der Waals surface area contributed by atoms with Gasteiger partial charge in [-0.05, 0) is 5.56 Å². The van der Waals surface area contributed by atoms with Crippen LogP contribution in [0, 0.1) is 0 Å². The zero-order valence-corrected chi connectivity index (χ0v) is 7.87. The number of rotatable bonds is 4. The first-order valence-corrected chi connectivity index (χ1v) is 4.20. The van der Waals surface area contributed by atoms with E-state index in [1.807, 2.05) is 0 Å². The van der Waals surface area contributed by atoms with Gasteiger partial charge in [-0.1, -0.05) is 30.3 Å². The number of benzene rings is 1. The van der Waals surface area contributed by atoms with Gasteiger partial charge in [0.25, 0.3) is 0 Å². The van der Waals surface area contributed by atoms with Crippen molar-refractivity contribution in [3.8, 4) is 0 Å². The fourth-order valence-electron chi connectivity index (χ4n) is 1.14. The third-order valence-electron chi connectivity index (χ3n) is 2.01. The highest BCUT2D eigenvalue weighted by atomic mass is 16.5. The van der Waals surface area contributed by atoms with Gasteiger partial charge in [-0.3, -0.25) is 0 Å². The third-order valence-corrected chi connectivity index (χ3v) is 2.01. The van der Waals surface area contributed by atoms with Crippen LogP contribution in [-0.4, -0.2) is 40.1 Å². The molecule has 1 atom stereocenters. The third kappa shape index (κ3) is 2.56. The number of nitrogens with zero attached hydrogens (tertiary/aromatic N) is 1. The Morgan fingerprint density at radius 1 is 1.40 bits per heavy atom. The molecule has 1 aromatic carbocycles. The van der Waals surface area contributed by atoms with Gasteiger partial charge in [0.15, 0.2) is 0 Å². The number of carboxylic acid groups (broad SMARTS) is 1. The predicted molar refractivity (Wildman–Crippen MR) is 52.1 cm³/mol. The second-order valence-corrected chi connectivity index (χ2v) is 3.13. The van der Waals surface area contributed by atoms with Crippen LogP contribution in [0.1, 0.15) is 5.56 Å². The molecule has 0 aliphatic carbocycles. The monoisotopic (exact) mass is 207 g/mol. The maximum absolute atomic E-state index is 10.7. The highest BCUT2D eigenvalue weighted by molar-refractivity contribution is 6.05. The van der Waals surface area contributed by atoms with Crippen molar-refractivity contribution in [3.05, 3.63) is 35.9 Å². The van der Waals surface area contributed by atoms with Crippen molar-refractivity contribution in [1.82, 2.24) is 4.97 Å². The van der Waals surface area contributed by atoms with E-state index in [0.717, 1.165) is 0 Å². The summed E-state index contributed by atoms with van der Waals surface area (Å²) in [4.78, 5) is 10.5. The first-order chi connectivity index (χ1) is 6.97. The molecule has 0 aromatic heterocycles. The van der Waals surface area contributed by atoms with Gasteiger partial charge in [-0.2, -0.15) is 0 Å². The number of hydroxylamine groups is 1. The second kappa shape index (κ2) is 4.44. The van der Waals surface area contributed by atoms with Crippen LogP contribution in [0.15, 0.2) is 30.3 Å². The van der Waals surface area contributed by atoms with Gasteiger partial charge in [-0.15, -0.1) is 0 Å². The number of carboxylic acids is 1. The Morgan fingerprint density at radius 2 is 1.93 bits per heavy atom. The number of hydrogen-bond donors (Lipinski definition) is 3. The Morgan fingerprint density at radius 3 is 2.33 bits per heavy atom. The molecule has 0 fully saturated rings. The fraction of sp³-hybridized carbons (Fsp3) is 0.222. The maximum atomic E-state index is 10.7. The Balaban J connectivity index is 2.90. The minimum atomic E-state index is -2.51. The molecule has 1 aromatic rings. The quantitative estimate of drug-likeness (QED) is 0.361. The second-order valence-electron chi connectivity index (χ2n) is 3.13. The fourth-order valence-corrected chi connectivity index (χ4v) is 1.14. The summed E-state index contributed by atoms with van der Waals surface area (Å²) in [5.41, 5.74) is -1.96. The van der Waals surface area contributed by atoms with Gasteiger partial charge >= 0.3 is 5.97 Å². The molecule has 0 aliphatic heterocycles. The van der Waals surface area contributed by atoms with E-state index in [9.17, 15) is 9.90 Å². The first-order valence-electron chi connectivity index (χ1n) is 4.20. The lowest BCUT2D eigenvalue weighted by atomic mass is 10.0. The van der Waals surface area contributed by atoms with Crippen LogP contribution in [-0.2, 0) is 11.2 Å².